The van der Waals surface area contributed by atoms with Crippen molar-refractivity contribution in [3.8, 4) is 16.9 Å². The van der Waals surface area contributed by atoms with Gasteiger partial charge in [0.25, 0.3) is 0 Å². The van der Waals surface area contributed by atoms with E-state index in [1.807, 2.05) is 60.7 Å². The van der Waals surface area contributed by atoms with E-state index in [4.69, 9.17) is 22.1 Å². The monoisotopic (exact) mass is 506 g/mol. The number of aryl methyl sites for hydroxylation is 3. The SMILES string of the molecule is CCc1ccc(-c2c3c4n(c(COc5ccccc5)nn4c2C(=S)Nc2ccccc2)CCCC3)cc1. The van der Waals surface area contributed by atoms with Gasteiger partial charge in [-0.15, -0.1) is 5.10 Å². The van der Waals surface area contributed by atoms with Crippen molar-refractivity contribution in [1.29, 1.82) is 0 Å². The molecule has 1 aliphatic heterocycles. The molecule has 0 atom stereocenters. The molecular weight excluding hydrogens is 476 g/mol. The van der Waals surface area contributed by atoms with Crippen molar-refractivity contribution in [2.45, 2.75) is 45.8 Å². The van der Waals surface area contributed by atoms with Crippen LogP contribution in [0.3, 0.4) is 0 Å². The van der Waals surface area contributed by atoms with Crippen LogP contribution in [-0.4, -0.2) is 19.2 Å². The summed E-state index contributed by atoms with van der Waals surface area (Å²) in [6.45, 7) is 3.51. The number of nitrogens with zero attached hydrogens (tertiary/aromatic N) is 3. The second-order valence-electron chi connectivity index (χ2n) is 9.43. The molecule has 3 heterocycles. The van der Waals surface area contributed by atoms with E-state index in [0.29, 0.717) is 11.6 Å². The van der Waals surface area contributed by atoms with Gasteiger partial charge in [-0.3, -0.25) is 0 Å². The lowest BCUT2D eigenvalue weighted by atomic mass is 9.96. The van der Waals surface area contributed by atoms with Crippen LogP contribution in [0.2, 0.25) is 0 Å². The minimum absolute atomic E-state index is 0.407. The second kappa shape index (κ2) is 10.2. The molecule has 0 amide bonds. The molecule has 0 spiro atoms. The van der Waals surface area contributed by atoms with Gasteiger partial charge in [-0.2, -0.15) is 0 Å². The summed E-state index contributed by atoms with van der Waals surface area (Å²) in [5.41, 5.74) is 8.04. The van der Waals surface area contributed by atoms with Crippen LogP contribution < -0.4 is 10.1 Å². The number of aromatic nitrogens is 3. The molecule has 37 heavy (non-hydrogen) atoms. The number of benzene rings is 3. The summed E-state index contributed by atoms with van der Waals surface area (Å²) >= 11 is 6.06. The van der Waals surface area contributed by atoms with Gasteiger partial charge in [-0.25, -0.2) is 4.52 Å². The maximum absolute atomic E-state index is 6.13. The van der Waals surface area contributed by atoms with E-state index >= 15 is 0 Å². The van der Waals surface area contributed by atoms with Crippen molar-refractivity contribution in [3.05, 3.63) is 108 Å². The van der Waals surface area contributed by atoms with Crippen LogP contribution in [0.15, 0.2) is 84.9 Å². The van der Waals surface area contributed by atoms with Crippen LogP contribution >= 0.6 is 12.2 Å². The summed E-state index contributed by atoms with van der Waals surface area (Å²) < 4.78 is 10.5. The quantitative estimate of drug-likeness (QED) is 0.240. The van der Waals surface area contributed by atoms with Gasteiger partial charge in [0.2, 0.25) is 0 Å². The molecule has 1 N–H and O–H groups in total. The molecule has 5 aromatic rings. The predicted octanol–water partition coefficient (Wildman–Crippen LogP) is 7.07. The number of ether oxygens (including phenoxy) is 1. The number of hydrogen-bond donors (Lipinski definition) is 1. The fourth-order valence-corrected chi connectivity index (χ4v) is 5.52. The van der Waals surface area contributed by atoms with Crippen LogP contribution in [0.5, 0.6) is 5.75 Å². The fourth-order valence-electron chi connectivity index (χ4n) is 5.22. The Morgan fingerprint density at radius 3 is 2.41 bits per heavy atom. The van der Waals surface area contributed by atoms with Gasteiger partial charge in [0, 0.05) is 23.4 Å². The summed E-state index contributed by atoms with van der Waals surface area (Å²) in [5.74, 6) is 1.76. The van der Waals surface area contributed by atoms with Crippen LogP contribution in [0, 0.1) is 0 Å². The summed E-state index contributed by atoms with van der Waals surface area (Å²) in [5, 5.41) is 8.58. The number of para-hydroxylation sites is 2. The first-order valence-corrected chi connectivity index (χ1v) is 13.4. The van der Waals surface area contributed by atoms with E-state index in [1.54, 1.807) is 0 Å². The standard InChI is InChI=1S/C31H30N4OS/c1-2-22-16-18-23(19-17-22)28-26-15-9-10-20-34-27(21-36-25-13-7-4-8-14-25)33-35(31(26)34)29(28)30(37)32-24-11-5-3-6-12-24/h3-8,11-14,16-19H,2,9-10,15,20-21H2,1H3,(H,32,37). The molecule has 6 heteroatoms. The maximum Gasteiger partial charge on any atom is 0.169 e. The first-order valence-electron chi connectivity index (χ1n) is 13.0. The third-order valence-corrected chi connectivity index (χ3v) is 7.37. The highest BCUT2D eigenvalue weighted by atomic mass is 32.1. The Kier molecular flexibility index (Phi) is 6.49. The number of thiocarbonyl (C=S) groups is 1. The largest absolute Gasteiger partial charge is 0.486 e. The molecule has 1 aliphatic rings. The molecule has 0 saturated heterocycles. The van der Waals surface area contributed by atoms with Crippen LogP contribution in [0.4, 0.5) is 5.69 Å². The molecule has 6 rings (SSSR count). The van der Waals surface area contributed by atoms with Crippen molar-refractivity contribution in [1.82, 2.24) is 14.2 Å². The van der Waals surface area contributed by atoms with Crippen molar-refractivity contribution < 1.29 is 4.74 Å². The van der Waals surface area contributed by atoms with Crippen molar-refractivity contribution >= 4 is 28.5 Å². The number of rotatable bonds is 7. The van der Waals surface area contributed by atoms with E-state index < -0.39 is 0 Å². The van der Waals surface area contributed by atoms with Crippen molar-refractivity contribution in [3.63, 3.8) is 0 Å². The van der Waals surface area contributed by atoms with Crippen LogP contribution in [0.25, 0.3) is 16.8 Å². The summed E-state index contributed by atoms with van der Waals surface area (Å²) in [4.78, 5) is 0.669. The molecule has 0 radical (unpaired) electrons. The highest BCUT2D eigenvalue weighted by Gasteiger charge is 2.29. The van der Waals surface area contributed by atoms with Crippen LogP contribution in [0.1, 0.15) is 42.4 Å². The van der Waals surface area contributed by atoms with Crippen molar-refractivity contribution in [2.24, 2.45) is 0 Å². The summed E-state index contributed by atoms with van der Waals surface area (Å²) in [6, 6.07) is 28.9. The van der Waals surface area contributed by atoms with Gasteiger partial charge in [-0.05, 0) is 61.1 Å². The summed E-state index contributed by atoms with van der Waals surface area (Å²) in [6.07, 6.45) is 4.24. The molecule has 0 bridgehead atoms. The molecule has 186 valence electrons. The zero-order valence-electron chi connectivity index (χ0n) is 21.0. The van der Waals surface area contributed by atoms with E-state index in [0.717, 1.165) is 60.8 Å². The molecule has 2 aromatic heterocycles. The second-order valence-corrected chi connectivity index (χ2v) is 9.84. The van der Waals surface area contributed by atoms with E-state index in [2.05, 4.69) is 45.6 Å². The minimum Gasteiger partial charge on any atom is -0.486 e. The Bertz CT molecular complexity index is 1540. The Morgan fingerprint density at radius 1 is 0.946 bits per heavy atom. The molecule has 0 saturated carbocycles. The lowest BCUT2D eigenvalue weighted by Crippen LogP contribution is -2.15. The highest BCUT2D eigenvalue weighted by Crippen LogP contribution is 2.37. The van der Waals surface area contributed by atoms with Gasteiger partial charge in [-0.1, -0.05) is 79.8 Å². The van der Waals surface area contributed by atoms with Crippen molar-refractivity contribution in [2.75, 3.05) is 5.32 Å². The molecule has 0 aliphatic carbocycles. The Morgan fingerprint density at radius 2 is 1.68 bits per heavy atom. The average molecular weight is 507 g/mol. The zero-order valence-corrected chi connectivity index (χ0v) is 21.8. The smallest absolute Gasteiger partial charge is 0.169 e. The Balaban J connectivity index is 1.50. The maximum atomic E-state index is 6.13. The lowest BCUT2D eigenvalue weighted by molar-refractivity contribution is 0.288. The van der Waals surface area contributed by atoms with Gasteiger partial charge >= 0.3 is 0 Å². The van der Waals surface area contributed by atoms with E-state index in [-0.39, 0.29) is 0 Å². The molecular formula is C31H30N4OS. The number of anilines is 1. The number of hydrogen-bond acceptors (Lipinski definition) is 3. The Hall–Kier alpha value is -3.90. The molecule has 0 fully saturated rings. The van der Waals surface area contributed by atoms with E-state index in [1.165, 1.54) is 22.3 Å². The Labute approximate surface area is 222 Å². The van der Waals surface area contributed by atoms with E-state index in [9.17, 15) is 0 Å². The lowest BCUT2D eigenvalue weighted by Gasteiger charge is -2.12. The molecule has 5 nitrogen and oxygen atoms in total. The highest BCUT2D eigenvalue weighted by molar-refractivity contribution is 7.81. The molecule has 3 aromatic carbocycles. The third-order valence-electron chi connectivity index (χ3n) is 7.07. The summed E-state index contributed by atoms with van der Waals surface area (Å²) in [7, 11) is 0. The minimum atomic E-state index is 0.407. The first-order chi connectivity index (χ1) is 18.2. The van der Waals surface area contributed by atoms with Gasteiger partial charge < -0.3 is 14.6 Å². The predicted molar refractivity (Wildman–Crippen MR) is 153 cm³/mol. The van der Waals surface area contributed by atoms with Gasteiger partial charge in [0.05, 0.1) is 0 Å². The topological polar surface area (TPSA) is 43.5 Å². The normalized spacial score (nSPS) is 12.9. The third kappa shape index (κ3) is 4.53. The van der Waals surface area contributed by atoms with Gasteiger partial charge in [0.1, 0.15) is 28.7 Å². The van der Waals surface area contributed by atoms with Gasteiger partial charge in [0.15, 0.2) is 5.82 Å². The number of nitrogens with one attached hydrogen (secondary N) is 1. The molecule has 0 unspecified atom stereocenters. The fraction of sp³-hybridized carbons (Fsp3) is 0.226. The average Bonchev–Trinajstić information content (AvgIpc) is 3.35. The van der Waals surface area contributed by atoms with Crippen LogP contribution in [-0.2, 0) is 26.0 Å². The first kappa shape index (κ1) is 23.5. The zero-order chi connectivity index (χ0) is 25.2.